The third kappa shape index (κ3) is 20.2. The van der Waals surface area contributed by atoms with Gasteiger partial charge in [-0.05, 0) is 36.1 Å². The third-order valence-electron chi connectivity index (χ3n) is 4.89. The molecule has 2 aromatic carbocycles. The van der Waals surface area contributed by atoms with Gasteiger partial charge in [0.25, 0.3) is 0 Å². The van der Waals surface area contributed by atoms with Crippen LogP contribution in [0.4, 0.5) is 37.7 Å². The van der Waals surface area contributed by atoms with E-state index in [4.69, 9.17) is 31.3 Å². The maximum Gasteiger partial charge on any atom is 0.490 e. The number of rotatable bonds is 15. The van der Waals surface area contributed by atoms with Crippen LogP contribution in [0.5, 0.6) is 0 Å². The summed E-state index contributed by atoms with van der Waals surface area (Å²) in [6, 6.07) is 16.1. The van der Waals surface area contributed by atoms with Crippen molar-refractivity contribution < 1.29 is 55.7 Å². The number of carboxylic acid groups (broad SMARTS) is 2. The van der Waals surface area contributed by atoms with Gasteiger partial charge in [-0.15, -0.1) is 0 Å². The minimum absolute atomic E-state index is 0.277. The van der Waals surface area contributed by atoms with Gasteiger partial charge in [-0.25, -0.2) is 9.59 Å². The molecule has 0 saturated carbocycles. The molecular weight excluding hydrogens is 642 g/mol. The Morgan fingerprint density at radius 1 is 0.636 bits per heavy atom. The number of aryl methyl sites for hydroxylation is 2. The fourth-order valence-corrected chi connectivity index (χ4v) is 4.72. The van der Waals surface area contributed by atoms with Gasteiger partial charge in [0, 0.05) is 48.8 Å². The second kappa shape index (κ2) is 21.0. The van der Waals surface area contributed by atoms with Crippen LogP contribution in [0.2, 0.25) is 0 Å². The molecule has 0 atom stereocenters. The van der Waals surface area contributed by atoms with E-state index < -0.39 is 24.3 Å². The second-order valence-corrected chi connectivity index (χ2v) is 11.1. The number of amides is 2. The van der Waals surface area contributed by atoms with Crippen molar-refractivity contribution >= 4 is 56.7 Å². The van der Waals surface area contributed by atoms with Gasteiger partial charge in [-0.2, -0.15) is 26.3 Å². The molecule has 2 aromatic rings. The molecule has 0 aliphatic heterocycles. The summed E-state index contributed by atoms with van der Waals surface area (Å²) in [5, 5.41) is 21.1. The fraction of sp³-hybridized carbons (Fsp3) is 0.385. The molecule has 10 nitrogen and oxygen atoms in total. The van der Waals surface area contributed by atoms with Crippen molar-refractivity contribution in [1.29, 1.82) is 0 Å². The summed E-state index contributed by atoms with van der Waals surface area (Å²) in [4.78, 5) is 39.8. The molecule has 0 bridgehead atoms. The number of carbonyl (C=O) groups is 4. The van der Waals surface area contributed by atoms with Crippen LogP contribution < -0.4 is 22.1 Å². The molecule has 0 unspecified atom stereocenters. The van der Waals surface area contributed by atoms with E-state index in [9.17, 15) is 35.9 Å². The van der Waals surface area contributed by atoms with E-state index in [0.717, 1.165) is 47.1 Å². The van der Waals surface area contributed by atoms with Crippen LogP contribution in [-0.4, -0.2) is 70.9 Å². The molecule has 0 fully saturated rings. The minimum Gasteiger partial charge on any atom is -0.475 e. The fourth-order valence-electron chi connectivity index (χ4n) is 2.91. The van der Waals surface area contributed by atoms with E-state index in [2.05, 4.69) is 10.6 Å². The van der Waals surface area contributed by atoms with Crippen molar-refractivity contribution in [2.45, 2.75) is 38.0 Å². The van der Waals surface area contributed by atoms with Crippen molar-refractivity contribution in [3.8, 4) is 0 Å². The Kier molecular flexibility index (Phi) is 19.2. The zero-order valence-electron chi connectivity index (χ0n) is 23.0. The number of anilines is 2. The van der Waals surface area contributed by atoms with Gasteiger partial charge in [0.05, 0.1) is 0 Å². The second-order valence-electron chi connectivity index (χ2n) is 8.35. The largest absolute Gasteiger partial charge is 0.490 e. The molecule has 8 N–H and O–H groups in total. The molecule has 18 heteroatoms. The number of benzene rings is 2. The van der Waals surface area contributed by atoms with Crippen molar-refractivity contribution in [3.05, 3.63) is 59.7 Å². The highest BCUT2D eigenvalue weighted by molar-refractivity contribution is 8.76. The highest BCUT2D eigenvalue weighted by Crippen LogP contribution is 2.23. The number of para-hydroxylation sites is 2. The van der Waals surface area contributed by atoms with Crippen LogP contribution in [0.1, 0.15) is 24.0 Å². The summed E-state index contributed by atoms with van der Waals surface area (Å²) in [6.07, 6.45) is -8.12. The summed E-state index contributed by atoms with van der Waals surface area (Å²) in [5.41, 5.74) is 14.9. The van der Waals surface area contributed by atoms with E-state index in [1.807, 2.05) is 70.1 Å². The molecular formula is C26H32F6N4O6S2. The number of carbonyl (C=O) groups excluding carboxylic acids is 2. The van der Waals surface area contributed by atoms with Gasteiger partial charge in [-0.1, -0.05) is 58.0 Å². The number of nitrogens with one attached hydrogen (secondary N) is 2. The lowest BCUT2D eigenvalue weighted by Gasteiger charge is -2.12. The molecule has 0 heterocycles. The number of hydrogen-bond donors (Lipinski definition) is 6. The molecule has 2 amide bonds. The Hall–Kier alpha value is -3.80. The number of aliphatic carboxylic acids is 2. The molecule has 0 spiro atoms. The minimum atomic E-state index is -5.08. The Balaban J connectivity index is 0.00000109. The first-order chi connectivity index (χ1) is 20.4. The summed E-state index contributed by atoms with van der Waals surface area (Å²) >= 11 is 0. The summed E-state index contributed by atoms with van der Waals surface area (Å²) in [7, 11) is 3.66. The van der Waals surface area contributed by atoms with Crippen LogP contribution >= 0.6 is 21.6 Å². The lowest BCUT2D eigenvalue weighted by molar-refractivity contribution is -0.193. The first-order valence-electron chi connectivity index (χ1n) is 12.5. The zero-order chi connectivity index (χ0) is 33.8. The van der Waals surface area contributed by atoms with E-state index in [-0.39, 0.29) is 11.8 Å². The predicted octanol–water partition coefficient (Wildman–Crippen LogP) is 4.69. The van der Waals surface area contributed by atoms with Gasteiger partial charge in [0.1, 0.15) is 0 Å². The standard InChI is InChI=1S/C22H30N4O2S2.2C2HF3O2/c23-21(27)11-9-17-5-1-3-7-19(17)25-13-15-29-30-16-14-26-20-8-4-2-6-18(20)10-12-22(24)28;2*3-2(4,5)1(6)7/h1-8,25-26H,9-16H2,(H2,23,27)(H2,24,28);2*(H,6,7). The maximum absolute atomic E-state index is 11.0. The van der Waals surface area contributed by atoms with Crippen molar-refractivity contribution in [1.82, 2.24) is 0 Å². The molecule has 246 valence electrons. The van der Waals surface area contributed by atoms with Gasteiger partial charge >= 0.3 is 24.3 Å². The summed E-state index contributed by atoms with van der Waals surface area (Å²) < 4.78 is 63.5. The van der Waals surface area contributed by atoms with Gasteiger partial charge in [-0.3, -0.25) is 9.59 Å². The first-order valence-corrected chi connectivity index (χ1v) is 15.0. The Morgan fingerprint density at radius 3 is 1.20 bits per heavy atom. The van der Waals surface area contributed by atoms with Gasteiger partial charge < -0.3 is 32.3 Å². The van der Waals surface area contributed by atoms with Crippen molar-refractivity contribution in [2.24, 2.45) is 11.5 Å². The van der Waals surface area contributed by atoms with Crippen LogP contribution in [-0.2, 0) is 32.0 Å². The average Bonchev–Trinajstić information content (AvgIpc) is 2.92. The molecule has 2 rings (SSSR count). The SMILES string of the molecule is NC(=O)CCc1ccccc1NCCSSCCNc1ccccc1CCC(N)=O.O=C(O)C(F)(F)F.O=C(O)C(F)(F)F. The quantitative estimate of drug-likeness (QED) is 0.0880. The average molecular weight is 675 g/mol. The Bertz CT molecular complexity index is 1110. The highest BCUT2D eigenvalue weighted by atomic mass is 33.1. The Labute approximate surface area is 256 Å². The molecule has 0 radical (unpaired) electrons. The number of carboxylic acids is 2. The number of halogens is 6. The topological polar surface area (TPSA) is 185 Å². The van der Waals surface area contributed by atoms with Gasteiger partial charge in [0.15, 0.2) is 0 Å². The lowest BCUT2D eigenvalue weighted by atomic mass is 10.1. The van der Waals surface area contributed by atoms with Crippen LogP contribution in [0, 0.1) is 0 Å². The van der Waals surface area contributed by atoms with Crippen molar-refractivity contribution in [3.63, 3.8) is 0 Å². The first kappa shape index (κ1) is 40.2. The summed E-state index contributed by atoms with van der Waals surface area (Å²) in [6.45, 7) is 1.71. The third-order valence-corrected chi connectivity index (χ3v) is 7.29. The van der Waals surface area contributed by atoms with E-state index in [1.165, 1.54) is 0 Å². The van der Waals surface area contributed by atoms with E-state index >= 15 is 0 Å². The Morgan fingerprint density at radius 2 is 0.932 bits per heavy atom. The smallest absolute Gasteiger partial charge is 0.475 e. The normalized spacial score (nSPS) is 10.8. The van der Waals surface area contributed by atoms with Crippen molar-refractivity contribution in [2.75, 3.05) is 35.2 Å². The number of hydrogen-bond acceptors (Lipinski definition) is 8. The van der Waals surface area contributed by atoms with Crippen LogP contribution in [0.25, 0.3) is 0 Å². The molecule has 0 aliphatic carbocycles. The predicted molar refractivity (Wildman–Crippen MR) is 157 cm³/mol. The highest BCUT2D eigenvalue weighted by Gasteiger charge is 2.38. The molecule has 0 saturated heterocycles. The zero-order valence-corrected chi connectivity index (χ0v) is 24.7. The monoisotopic (exact) mass is 674 g/mol. The van der Waals surface area contributed by atoms with Crippen LogP contribution in [0.3, 0.4) is 0 Å². The summed E-state index contributed by atoms with van der Waals surface area (Å²) in [5.74, 6) is -4.12. The van der Waals surface area contributed by atoms with E-state index in [0.29, 0.717) is 25.7 Å². The number of primary amides is 2. The maximum atomic E-state index is 11.0. The van der Waals surface area contributed by atoms with Crippen LogP contribution in [0.15, 0.2) is 48.5 Å². The van der Waals surface area contributed by atoms with Gasteiger partial charge in [0.2, 0.25) is 11.8 Å². The number of alkyl halides is 6. The number of nitrogens with two attached hydrogens (primary N) is 2. The molecule has 44 heavy (non-hydrogen) atoms. The molecule has 0 aromatic heterocycles. The van der Waals surface area contributed by atoms with E-state index in [1.54, 1.807) is 0 Å². The molecule has 0 aliphatic rings. The lowest BCUT2D eigenvalue weighted by Crippen LogP contribution is -2.21.